The van der Waals surface area contributed by atoms with Gasteiger partial charge in [0.25, 0.3) is 0 Å². The summed E-state index contributed by atoms with van der Waals surface area (Å²) in [6.07, 6.45) is 0. The molecule has 0 aromatic carbocycles. The summed E-state index contributed by atoms with van der Waals surface area (Å²) >= 11 is 0. The summed E-state index contributed by atoms with van der Waals surface area (Å²) in [7, 11) is 4.09. The maximum absolute atomic E-state index is 4.46. The Bertz CT molecular complexity index is 381. The zero-order chi connectivity index (χ0) is 13.8. The van der Waals surface area contributed by atoms with Crippen LogP contribution in [-0.4, -0.2) is 47.6 Å². The van der Waals surface area contributed by atoms with Crippen molar-refractivity contribution in [3.05, 3.63) is 11.8 Å². The second-order valence-electron chi connectivity index (χ2n) is 5.82. The van der Waals surface area contributed by atoms with Crippen LogP contribution in [0.5, 0.6) is 0 Å². The summed E-state index contributed by atoms with van der Waals surface area (Å²) in [5.41, 5.74) is 0.964. The molecule has 0 radical (unpaired) electrons. The van der Waals surface area contributed by atoms with Crippen molar-refractivity contribution in [3.8, 4) is 0 Å². The largest absolute Gasteiger partial charge is 0.365 e. The first-order valence-electron chi connectivity index (χ1n) is 6.29. The third kappa shape index (κ3) is 5.82. The molecule has 0 amide bonds. The van der Waals surface area contributed by atoms with Gasteiger partial charge in [-0.05, 0) is 41.8 Å². The van der Waals surface area contributed by atoms with Crippen LogP contribution in [0.3, 0.4) is 0 Å². The standard InChI is InChI=1S/C13H25N5/c1-10-9-11(17-13(2,3)4)16-12(15-10)14-7-8-18(5)6/h9H,7-8H2,1-6H3,(H2,14,15,16,17). The fourth-order valence-electron chi connectivity index (χ4n) is 1.49. The van der Waals surface area contributed by atoms with E-state index in [2.05, 4.69) is 46.3 Å². The van der Waals surface area contributed by atoms with Gasteiger partial charge >= 0.3 is 0 Å². The van der Waals surface area contributed by atoms with E-state index >= 15 is 0 Å². The normalized spacial score (nSPS) is 11.7. The highest BCUT2D eigenvalue weighted by molar-refractivity contribution is 5.43. The molecule has 0 saturated carbocycles. The van der Waals surface area contributed by atoms with Crippen molar-refractivity contribution >= 4 is 11.8 Å². The van der Waals surface area contributed by atoms with Gasteiger partial charge < -0.3 is 15.5 Å². The Hall–Kier alpha value is -1.36. The van der Waals surface area contributed by atoms with Gasteiger partial charge in [-0.15, -0.1) is 0 Å². The SMILES string of the molecule is Cc1cc(NC(C)(C)C)nc(NCCN(C)C)n1. The van der Waals surface area contributed by atoms with Gasteiger partial charge in [0, 0.05) is 30.4 Å². The molecule has 1 aromatic heterocycles. The molecule has 102 valence electrons. The summed E-state index contributed by atoms with van der Waals surface area (Å²) in [5, 5.41) is 6.60. The second kappa shape index (κ2) is 6.00. The van der Waals surface area contributed by atoms with E-state index in [9.17, 15) is 0 Å². The number of nitrogens with one attached hydrogen (secondary N) is 2. The first-order chi connectivity index (χ1) is 8.26. The van der Waals surface area contributed by atoms with Gasteiger partial charge in [0.05, 0.1) is 0 Å². The smallest absolute Gasteiger partial charge is 0.224 e. The molecule has 5 heteroatoms. The summed E-state index contributed by atoms with van der Waals surface area (Å²) < 4.78 is 0. The number of rotatable bonds is 5. The van der Waals surface area contributed by atoms with E-state index in [-0.39, 0.29) is 5.54 Å². The van der Waals surface area contributed by atoms with E-state index in [1.54, 1.807) is 0 Å². The monoisotopic (exact) mass is 251 g/mol. The zero-order valence-electron chi connectivity index (χ0n) is 12.3. The number of likely N-dealkylation sites (N-methyl/N-ethyl adjacent to an activating group) is 1. The Kier molecular flexibility index (Phi) is 4.90. The lowest BCUT2D eigenvalue weighted by Gasteiger charge is -2.21. The van der Waals surface area contributed by atoms with Crippen LogP contribution < -0.4 is 10.6 Å². The highest BCUT2D eigenvalue weighted by Crippen LogP contribution is 2.14. The first-order valence-corrected chi connectivity index (χ1v) is 6.29. The molecule has 1 rings (SSSR count). The lowest BCUT2D eigenvalue weighted by atomic mass is 10.1. The van der Waals surface area contributed by atoms with Gasteiger partial charge in [0.2, 0.25) is 5.95 Å². The van der Waals surface area contributed by atoms with Crippen LogP contribution in [-0.2, 0) is 0 Å². The van der Waals surface area contributed by atoms with E-state index in [0.717, 1.165) is 24.6 Å². The molecule has 0 spiro atoms. The number of nitrogens with zero attached hydrogens (tertiary/aromatic N) is 3. The Morgan fingerprint density at radius 1 is 1.22 bits per heavy atom. The van der Waals surface area contributed by atoms with E-state index in [1.165, 1.54) is 0 Å². The van der Waals surface area contributed by atoms with Crippen LogP contribution in [0.1, 0.15) is 26.5 Å². The van der Waals surface area contributed by atoms with E-state index < -0.39 is 0 Å². The summed E-state index contributed by atoms with van der Waals surface area (Å²) in [5.74, 6) is 1.55. The molecular formula is C13H25N5. The minimum atomic E-state index is 0.00169. The fourth-order valence-corrected chi connectivity index (χ4v) is 1.49. The van der Waals surface area contributed by atoms with Gasteiger partial charge in [-0.25, -0.2) is 4.98 Å². The maximum atomic E-state index is 4.46. The number of anilines is 2. The molecule has 2 N–H and O–H groups in total. The van der Waals surface area contributed by atoms with Gasteiger partial charge in [0.1, 0.15) is 5.82 Å². The van der Waals surface area contributed by atoms with Gasteiger partial charge in [0.15, 0.2) is 0 Å². The van der Waals surface area contributed by atoms with Crippen molar-refractivity contribution < 1.29 is 0 Å². The molecule has 1 aromatic rings. The quantitative estimate of drug-likeness (QED) is 0.838. The van der Waals surface area contributed by atoms with Crippen LogP contribution in [0.25, 0.3) is 0 Å². The number of hydrogen-bond donors (Lipinski definition) is 2. The predicted molar refractivity (Wildman–Crippen MR) is 77.2 cm³/mol. The fraction of sp³-hybridized carbons (Fsp3) is 0.692. The molecule has 0 saturated heterocycles. The van der Waals surface area contributed by atoms with Crippen molar-refractivity contribution in [3.63, 3.8) is 0 Å². The topological polar surface area (TPSA) is 53.1 Å². The lowest BCUT2D eigenvalue weighted by Crippen LogP contribution is -2.27. The molecule has 18 heavy (non-hydrogen) atoms. The van der Waals surface area contributed by atoms with Crippen LogP contribution in [0.15, 0.2) is 6.07 Å². The van der Waals surface area contributed by atoms with Gasteiger partial charge in [-0.2, -0.15) is 4.98 Å². The lowest BCUT2D eigenvalue weighted by molar-refractivity contribution is 0.425. The van der Waals surface area contributed by atoms with Crippen LogP contribution in [0, 0.1) is 6.92 Å². The summed E-state index contributed by atoms with van der Waals surface area (Å²) in [6, 6.07) is 1.96. The van der Waals surface area contributed by atoms with Crippen LogP contribution in [0.2, 0.25) is 0 Å². The van der Waals surface area contributed by atoms with Crippen LogP contribution in [0.4, 0.5) is 11.8 Å². The second-order valence-corrected chi connectivity index (χ2v) is 5.82. The summed E-state index contributed by atoms with van der Waals surface area (Å²) in [6.45, 7) is 10.1. The number of aromatic nitrogens is 2. The molecule has 0 aliphatic rings. The van der Waals surface area contributed by atoms with Crippen molar-refractivity contribution in [2.45, 2.75) is 33.2 Å². The molecule has 5 nitrogen and oxygen atoms in total. The Morgan fingerprint density at radius 2 is 1.89 bits per heavy atom. The molecule has 0 fully saturated rings. The predicted octanol–water partition coefficient (Wildman–Crippen LogP) is 1.97. The minimum Gasteiger partial charge on any atom is -0.365 e. The van der Waals surface area contributed by atoms with Crippen molar-refractivity contribution in [1.29, 1.82) is 0 Å². The molecule has 1 heterocycles. The average molecular weight is 251 g/mol. The average Bonchev–Trinajstić information content (AvgIpc) is 2.12. The van der Waals surface area contributed by atoms with E-state index in [0.29, 0.717) is 5.95 Å². The summed E-state index contributed by atoms with van der Waals surface area (Å²) in [4.78, 5) is 11.0. The van der Waals surface area contributed by atoms with E-state index in [4.69, 9.17) is 0 Å². The van der Waals surface area contributed by atoms with Crippen molar-refractivity contribution in [2.75, 3.05) is 37.8 Å². The first kappa shape index (κ1) is 14.7. The maximum Gasteiger partial charge on any atom is 0.224 e. The minimum absolute atomic E-state index is 0.00169. The Balaban J connectivity index is 2.69. The highest BCUT2D eigenvalue weighted by Gasteiger charge is 2.11. The molecule has 0 aliphatic carbocycles. The number of aryl methyl sites for hydroxylation is 1. The van der Waals surface area contributed by atoms with Crippen LogP contribution >= 0.6 is 0 Å². The Labute approximate surface area is 110 Å². The number of hydrogen-bond acceptors (Lipinski definition) is 5. The molecule has 0 unspecified atom stereocenters. The Morgan fingerprint density at radius 3 is 2.44 bits per heavy atom. The van der Waals surface area contributed by atoms with Crippen molar-refractivity contribution in [1.82, 2.24) is 14.9 Å². The molecular weight excluding hydrogens is 226 g/mol. The molecule has 0 bridgehead atoms. The van der Waals surface area contributed by atoms with E-state index in [1.807, 2.05) is 27.1 Å². The molecule has 0 aliphatic heterocycles. The third-order valence-corrected chi connectivity index (χ3v) is 2.20. The third-order valence-electron chi connectivity index (χ3n) is 2.20. The van der Waals surface area contributed by atoms with Crippen molar-refractivity contribution in [2.24, 2.45) is 0 Å². The van der Waals surface area contributed by atoms with Gasteiger partial charge in [-0.3, -0.25) is 0 Å². The van der Waals surface area contributed by atoms with Gasteiger partial charge in [-0.1, -0.05) is 0 Å². The molecule has 0 atom stereocenters. The zero-order valence-corrected chi connectivity index (χ0v) is 12.3. The highest BCUT2D eigenvalue weighted by atomic mass is 15.2.